The van der Waals surface area contributed by atoms with Crippen molar-refractivity contribution in [1.82, 2.24) is 15.5 Å². The molecule has 0 spiro atoms. The van der Waals surface area contributed by atoms with Crippen LogP contribution in [0.1, 0.15) is 45.4 Å². The number of likely N-dealkylation sites (tertiary alicyclic amines) is 1. The van der Waals surface area contributed by atoms with E-state index in [0.29, 0.717) is 24.8 Å². The Hall–Kier alpha value is -2.64. The van der Waals surface area contributed by atoms with E-state index in [1.807, 2.05) is 30.0 Å². The van der Waals surface area contributed by atoms with Crippen LogP contribution < -0.4 is 24.8 Å². The van der Waals surface area contributed by atoms with Crippen molar-refractivity contribution < 1.29 is 19.0 Å². The van der Waals surface area contributed by atoms with E-state index < -0.39 is 0 Å². The predicted octanol–water partition coefficient (Wildman–Crippen LogP) is 2.53. The summed E-state index contributed by atoms with van der Waals surface area (Å²) in [4.78, 5) is 19.5. The standard InChI is InChI=1S/C23H34N4O4/c1-2-24-23(25-11-13-29-19-8-9-20-21(14-19)31-16-30-20)26-18-10-12-27(15-18)22(28)17-6-4-3-5-7-17/h8-9,14,17-18H,2-7,10-13,15-16H2,1H3,(H2,24,25,26). The van der Waals surface area contributed by atoms with Crippen LogP contribution in [0.3, 0.4) is 0 Å². The third-order valence-electron chi connectivity index (χ3n) is 6.11. The normalized spacial score (nSPS) is 21.3. The zero-order valence-corrected chi connectivity index (χ0v) is 18.4. The summed E-state index contributed by atoms with van der Waals surface area (Å²) in [7, 11) is 0. The van der Waals surface area contributed by atoms with Crippen LogP contribution >= 0.6 is 0 Å². The number of hydrogen-bond donors (Lipinski definition) is 2. The second-order valence-electron chi connectivity index (χ2n) is 8.37. The molecule has 3 aliphatic rings. The van der Waals surface area contributed by atoms with Crippen molar-refractivity contribution in [1.29, 1.82) is 0 Å². The van der Waals surface area contributed by atoms with Crippen molar-refractivity contribution in [2.45, 2.75) is 51.5 Å². The summed E-state index contributed by atoms with van der Waals surface area (Å²) in [6, 6.07) is 5.80. The molecule has 1 saturated carbocycles. The summed E-state index contributed by atoms with van der Waals surface area (Å²) < 4.78 is 16.5. The number of hydrogen-bond acceptors (Lipinski definition) is 5. The van der Waals surface area contributed by atoms with Crippen LogP contribution in [-0.4, -0.2) is 62.4 Å². The summed E-state index contributed by atoms with van der Waals surface area (Å²) in [5.74, 6) is 3.56. The van der Waals surface area contributed by atoms with Crippen LogP contribution in [-0.2, 0) is 4.79 Å². The van der Waals surface area contributed by atoms with E-state index in [-0.39, 0.29) is 18.8 Å². The van der Waals surface area contributed by atoms with Crippen LogP contribution in [0.25, 0.3) is 0 Å². The number of guanidine groups is 1. The molecule has 1 atom stereocenters. The van der Waals surface area contributed by atoms with Gasteiger partial charge in [0.05, 0.1) is 6.54 Å². The highest BCUT2D eigenvalue weighted by molar-refractivity contribution is 5.81. The lowest BCUT2D eigenvalue weighted by Gasteiger charge is -2.26. The second-order valence-corrected chi connectivity index (χ2v) is 8.37. The number of aliphatic imine (C=N–C) groups is 1. The molecule has 0 radical (unpaired) electrons. The molecule has 1 aliphatic carbocycles. The van der Waals surface area contributed by atoms with Gasteiger partial charge in [-0.25, -0.2) is 4.99 Å². The van der Waals surface area contributed by atoms with Crippen molar-refractivity contribution in [2.75, 3.05) is 39.6 Å². The van der Waals surface area contributed by atoms with Crippen molar-refractivity contribution in [3.8, 4) is 17.2 Å². The van der Waals surface area contributed by atoms with Gasteiger partial charge in [0.25, 0.3) is 0 Å². The first-order valence-electron chi connectivity index (χ1n) is 11.6. The lowest BCUT2D eigenvalue weighted by molar-refractivity contribution is -0.135. The Kier molecular flexibility index (Phi) is 7.38. The third-order valence-corrected chi connectivity index (χ3v) is 6.11. The molecule has 31 heavy (non-hydrogen) atoms. The van der Waals surface area contributed by atoms with Gasteiger partial charge < -0.3 is 29.7 Å². The molecule has 2 heterocycles. The van der Waals surface area contributed by atoms with Crippen LogP contribution in [0.4, 0.5) is 0 Å². The maximum atomic E-state index is 12.8. The summed E-state index contributed by atoms with van der Waals surface area (Å²) in [6.45, 7) is 5.67. The number of benzene rings is 1. The highest BCUT2D eigenvalue weighted by Crippen LogP contribution is 2.35. The highest BCUT2D eigenvalue weighted by Gasteiger charge is 2.31. The zero-order chi connectivity index (χ0) is 21.5. The van der Waals surface area contributed by atoms with Crippen LogP contribution in [0.2, 0.25) is 0 Å². The molecule has 4 rings (SSSR count). The average Bonchev–Trinajstić information content (AvgIpc) is 3.46. The molecular formula is C23H34N4O4. The molecule has 0 aromatic heterocycles. The number of ether oxygens (including phenoxy) is 3. The topological polar surface area (TPSA) is 84.4 Å². The van der Waals surface area contributed by atoms with Gasteiger partial charge >= 0.3 is 0 Å². The van der Waals surface area contributed by atoms with Gasteiger partial charge in [0.2, 0.25) is 12.7 Å². The highest BCUT2D eigenvalue weighted by atomic mass is 16.7. The van der Waals surface area contributed by atoms with Crippen LogP contribution in [0.15, 0.2) is 23.2 Å². The fourth-order valence-corrected chi connectivity index (χ4v) is 4.49. The van der Waals surface area contributed by atoms with Gasteiger partial charge in [0, 0.05) is 37.7 Å². The molecule has 1 saturated heterocycles. The molecule has 8 heteroatoms. The van der Waals surface area contributed by atoms with E-state index in [4.69, 9.17) is 14.2 Å². The summed E-state index contributed by atoms with van der Waals surface area (Å²) in [5, 5.41) is 6.78. The third kappa shape index (κ3) is 5.74. The molecule has 1 unspecified atom stereocenters. The number of nitrogens with zero attached hydrogens (tertiary/aromatic N) is 2. The Bertz CT molecular complexity index is 779. The van der Waals surface area contributed by atoms with Crippen LogP contribution in [0.5, 0.6) is 17.2 Å². The van der Waals surface area contributed by atoms with Gasteiger partial charge in [0.1, 0.15) is 12.4 Å². The van der Waals surface area contributed by atoms with Gasteiger partial charge in [-0.15, -0.1) is 0 Å². The van der Waals surface area contributed by atoms with Crippen LogP contribution in [0, 0.1) is 5.92 Å². The number of nitrogens with one attached hydrogen (secondary N) is 2. The summed E-state index contributed by atoms with van der Waals surface area (Å²) in [6.07, 6.45) is 6.72. The van der Waals surface area contributed by atoms with Gasteiger partial charge in [-0.05, 0) is 38.3 Å². The largest absolute Gasteiger partial charge is 0.492 e. The van der Waals surface area contributed by atoms with E-state index >= 15 is 0 Å². The molecule has 170 valence electrons. The first-order valence-corrected chi connectivity index (χ1v) is 11.6. The molecule has 1 amide bonds. The lowest BCUT2D eigenvalue weighted by Crippen LogP contribution is -2.45. The van der Waals surface area contributed by atoms with E-state index in [0.717, 1.165) is 56.4 Å². The van der Waals surface area contributed by atoms with Gasteiger partial charge in [-0.3, -0.25) is 4.79 Å². The number of carbonyl (C=O) groups is 1. The Morgan fingerprint density at radius 1 is 1.19 bits per heavy atom. The zero-order valence-electron chi connectivity index (χ0n) is 18.4. The van der Waals surface area contributed by atoms with Gasteiger partial charge in [-0.1, -0.05) is 19.3 Å². The number of fused-ring (bicyclic) bond motifs is 1. The Morgan fingerprint density at radius 2 is 2.03 bits per heavy atom. The minimum atomic E-state index is 0.236. The molecule has 1 aromatic carbocycles. The van der Waals surface area contributed by atoms with Gasteiger partial charge in [-0.2, -0.15) is 0 Å². The molecule has 2 N–H and O–H groups in total. The minimum absolute atomic E-state index is 0.236. The molecule has 2 aliphatic heterocycles. The second kappa shape index (κ2) is 10.6. The first-order chi connectivity index (χ1) is 15.2. The maximum absolute atomic E-state index is 12.8. The summed E-state index contributed by atoms with van der Waals surface area (Å²) in [5.41, 5.74) is 0. The fourth-order valence-electron chi connectivity index (χ4n) is 4.49. The number of amides is 1. The molecule has 1 aromatic rings. The molecule has 2 fully saturated rings. The van der Waals surface area contributed by atoms with Crippen molar-refractivity contribution in [2.24, 2.45) is 10.9 Å². The number of carbonyl (C=O) groups excluding carboxylic acids is 1. The van der Waals surface area contributed by atoms with Crippen molar-refractivity contribution in [3.05, 3.63) is 18.2 Å². The minimum Gasteiger partial charge on any atom is -0.492 e. The monoisotopic (exact) mass is 430 g/mol. The maximum Gasteiger partial charge on any atom is 0.231 e. The summed E-state index contributed by atoms with van der Waals surface area (Å²) >= 11 is 0. The Labute approximate surface area is 184 Å². The van der Waals surface area contributed by atoms with E-state index in [1.165, 1.54) is 19.3 Å². The smallest absolute Gasteiger partial charge is 0.231 e. The first kappa shape index (κ1) is 21.6. The van der Waals surface area contributed by atoms with E-state index in [9.17, 15) is 4.79 Å². The molecular weight excluding hydrogens is 396 g/mol. The lowest BCUT2D eigenvalue weighted by atomic mass is 9.88. The van der Waals surface area contributed by atoms with Crippen molar-refractivity contribution >= 4 is 11.9 Å². The van der Waals surface area contributed by atoms with E-state index in [1.54, 1.807) is 0 Å². The number of rotatable bonds is 7. The average molecular weight is 431 g/mol. The van der Waals surface area contributed by atoms with E-state index in [2.05, 4.69) is 15.6 Å². The van der Waals surface area contributed by atoms with Gasteiger partial charge in [0.15, 0.2) is 17.5 Å². The SMILES string of the molecule is CCNC(=NCCOc1ccc2c(c1)OCO2)NC1CCN(C(=O)C2CCCCC2)C1. The van der Waals surface area contributed by atoms with Crippen molar-refractivity contribution in [3.63, 3.8) is 0 Å². The molecule has 8 nitrogen and oxygen atoms in total. The Morgan fingerprint density at radius 3 is 2.87 bits per heavy atom. The predicted molar refractivity (Wildman–Crippen MR) is 119 cm³/mol. The molecule has 0 bridgehead atoms. The Balaban J connectivity index is 1.23. The fraction of sp³-hybridized carbons (Fsp3) is 0.652. The quantitative estimate of drug-likeness (QED) is 0.393.